The maximum atomic E-state index is 13.2. The van der Waals surface area contributed by atoms with Gasteiger partial charge in [-0.15, -0.1) is 6.58 Å². The van der Waals surface area contributed by atoms with Gasteiger partial charge in [0.05, 0.1) is 5.69 Å². The van der Waals surface area contributed by atoms with Crippen molar-refractivity contribution in [3.63, 3.8) is 0 Å². The van der Waals surface area contributed by atoms with Gasteiger partial charge in [-0.2, -0.15) is 0 Å². The fraction of sp³-hybridized carbons (Fsp3) is 0.476. The van der Waals surface area contributed by atoms with Crippen LogP contribution in [-0.2, 0) is 9.53 Å². The lowest BCUT2D eigenvalue weighted by atomic mass is 9.88. The molecule has 1 amide bonds. The second kappa shape index (κ2) is 6.94. The first-order valence-corrected chi connectivity index (χ1v) is 8.52. The molecule has 0 unspecified atom stereocenters. The first kappa shape index (κ1) is 18.5. The predicted molar refractivity (Wildman–Crippen MR) is 99.8 cm³/mol. The van der Waals surface area contributed by atoms with Crippen LogP contribution in [0.15, 0.2) is 49.1 Å². The van der Waals surface area contributed by atoms with E-state index in [4.69, 9.17) is 4.74 Å². The van der Waals surface area contributed by atoms with Crippen molar-refractivity contribution in [1.82, 2.24) is 0 Å². The summed E-state index contributed by atoms with van der Waals surface area (Å²) in [5.41, 5.74) is 2.66. The third-order valence-electron chi connectivity index (χ3n) is 4.35. The van der Waals surface area contributed by atoms with Crippen molar-refractivity contribution in [3.05, 3.63) is 54.6 Å². The lowest BCUT2D eigenvalue weighted by Crippen LogP contribution is -2.54. The second-order valence-electron chi connectivity index (χ2n) is 7.77. The Morgan fingerprint density at radius 1 is 1.38 bits per heavy atom. The normalized spacial score (nSPS) is 21.8. The summed E-state index contributed by atoms with van der Waals surface area (Å²) in [6, 6.07) is 7.97. The lowest BCUT2D eigenvalue weighted by Gasteiger charge is -2.47. The number of hydrogen-bond acceptors (Lipinski definition) is 2. The Labute approximate surface area is 146 Å². The average Bonchev–Trinajstić information content (AvgIpc) is 2.51. The molecule has 0 aliphatic carbocycles. The Morgan fingerprint density at radius 2 is 2.00 bits per heavy atom. The highest BCUT2D eigenvalue weighted by atomic mass is 16.5. The van der Waals surface area contributed by atoms with Crippen LogP contribution in [0.5, 0.6) is 0 Å². The number of benzene rings is 1. The van der Waals surface area contributed by atoms with Crippen molar-refractivity contribution in [3.8, 4) is 0 Å². The van der Waals surface area contributed by atoms with Crippen LogP contribution in [-0.4, -0.2) is 12.1 Å². The molecule has 0 aromatic heterocycles. The molecular weight excluding hydrogens is 298 g/mol. The summed E-state index contributed by atoms with van der Waals surface area (Å²) >= 11 is 0. The minimum absolute atomic E-state index is 0.0717. The molecule has 0 saturated carbocycles. The van der Waals surface area contributed by atoms with Crippen molar-refractivity contribution in [1.29, 1.82) is 0 Å². The molecule has 1 aromatic carbocycles. The third-order valence-corrected chi connectivity index (χ3v) is 4.35. The Hall–Kier alpha value is -1.87. The zero-order chi connectivity index (χ0) is 18.1. The highest BCUT2D eigenvalue weighted by molar-refractivity contribution is 5.96. The third kappa shape index (κ3) is 3.46. The van der Waals surface area contributed by atoms with Gasteiger partial charge in [-0.25, -0.2) is 0 Å². The number of nitrogens with zero attached hydrogens (tertiary/aromatic N) is 1. The van der Waals surface area contributed by atoms with E-state index in [2.05, 4.69) is 33.9 Å². The number of para-hydroxylation sites is 1. The Kier molecular flexibility index (Phi) is 5.34. The van der Waals surface area contributed by atoms with Crippen LogP contribution in [0, 0.1) is 11.3 Å². The molecule has 3 atom stereocenters. The topological polar surface area (TPSA) is 29.5 Å². The van der Waals surface area contributed by atoms with Gasteiger partial charge in [0.15, 0.2) is 0 Å². The van der Waals surface area contributed by atoms with E-state index in [-0.39, 0.29) is 29.6 Å². The summed E-state index contributed by atoms with van der Waals surface area (Å²) in [5, 5.41) is 0. The molecule has 1 aliphatic rings. The molecule has 130 valence electrons. The molecule has 0 radical (unpaired) electrons. The molecule has 0 saturated heterocycles. The van der Waals surface area contributed by atoms with Gasteiger partial charge >= 0.3 is 0 Å². The van der Waals surface area contributed by atoms with Gasteiger partial charge in [-0.1, -0.05) is 58.5 Å². The first-order valence-electron chi connectivity index (χ1n) is 8.52. The van der Waals surface area contributed by atoms with Crippen molar-refractivity contribution >= 4 is 11.6 Å². The van der Waals surface area contributed by atoms with E-state index in [1.165, 1.54) is 0 Å². The Bertz CT molecular complexity index is 641. The highest BCUT2D eigenvalue weighted by Gasteiger charge is 2.43. The van der Waals surface area contributed by atoms with Crippen molar-refractivity contribution in [2.75, 3.05) is 4.90 Å². The summed E-state index contributed by atoms with van der Waals surface area (Å²) in [5.74, 6) is -0.0622. The predicted octanol–water partition coefficient (Wildman–Crippen LogP) is 5.25. The number of carbonyl (C=O) groups excluding carboxylic acids is 1. The lowest BCUT2D eigenvalue weighted by molar-refractivity contribution is -0.131. The van der Waals surface area contributed by atoms with E-state index >= 15 is 0 Å². The van der Waals surface area contributed by atoms with Gasteiger partial charge in [0, 0.05) is 16.9 Å². The van der Waals surface area contributed by atoms with Gasteiger partial charge in [0.25, 0.3) is 0 Å². The van der Waals surface area contributed by atoms with Gasteiger partial charge in [-0.3, -0.25) is 9.69 Å². The van der Waals surface area contributed by atoms with Crippen LogP contribution in [0.4, 0.5) is 5.69 Å². The van der Waals surface area contributed by atoms with Gasteiger partial charge < -0.3 is 4.74 Å². The maximum Gasteiger partial charge on any atom is 0.232 e. The average molecular weight is 327 g/mol. The van der Waals surface area contributed by atoms with Crippen LogP contribution in [0.2, 0.25) is 0 Å². The standard InChI is InChI=1S/C21H29NO2/c1-8-11-15(4)19(23)22-17-13-10-9-12-16(17)18(14(2)3)24-20(22)21(5,6)7/h8-10,12-13,15,18,20H,1-2,11H2,3-7H3/t15-,18-,20+/m0/s1. The molecule has 1 aromatic rings. The number of fused-ring (bicyclic) bond motifs is 1. The number of hydrogen-bond donors (Lipinski definition) is 0. The number of rotatable bonds is 4. The number of allylic oxidation sites excluding steroid dienone is 1. The van der Waals surface area contributed by atoms with E-state index in [0.29, 0.717) is 6.42 Å². The van der Waals surface area contributed by atoms with E-state index in [9.17, 15) is 4.79 Å². The van der Waals surface area contributed by atoms with E-state index < -0.39 is 0 Å². The minimum atomic E-state index is -0.339. The zero-order valence-corrected chi connectivity index (χ0v) is 15.5. The minimum Gasteiger partial charge on any atom is -0.345 e. The largest absolute Gasteiger partial charge is 0.345 e. The summed E-state index contributed by atoms with van der Waals surface area (Å²) in [6.07, 6.45) is 1.92. The van der Waals surface area contributed by atoms with Crippen LogP contribution in [0.3, 0.4) is 0 Å². The van der Waals surface area contributed by atoms with Gasteiger partial charge in [-0.05, 0) is 25.0 Å². The van der Waals surface area contributed by atoms with Crippen molar-refractivity contribution in [2.24, 2.45) is 11.3 Å². The zero-order valence-electron chi connectivity index (χ0n) is 15.5. The Morgan fingerprint density at radius 3 is 2.54 bits per heavy atom. The van der Waals surface area contributed by atoms with Crippen molar-refractivity contribution < 1.29 is 9.53 Å². The van der Waals surface area contributed by atoms with E-state index in [0.717, 1.165) is 16.8 Å². The molecule has 1 heterocycles. The molecule has 0 N–H and O–H groups in total. The highest BCUT2D eigenvalue weighted by Crippen LogP contribution is 2.44. The van der Waals surface area contributed by atoms with Crippen LogP contribution in [0.1, 0.15) is 52.7 Å². The fourth-order valence-corrected chi connectivity index (χ4v) is 3.11. The Balaban J connectivity index is 2.58. The van der Waals surface area contributed by atoms with Gasteiger partial charge in [0.2, 0.25) is 5.91 Å². The monoisotopic (exact) mass is 327 g/mol. The molecule has 3 nitrogen and oxygen atoms in total. The van der Waals surface area contributed by atoms with E-state index in [1.807, 2.05) is 43.0 Å². The fourth-order valence-electron chi connectivity index (χ4n) is 3.11. The molecule has 0 spiro atoms. The summed E-state index contributed by atoms with van der Waals surface area (Å²) in [6.45, 7) is 18.1. The van der Waals surface area contributed by atoms with Gasteiger partial charge in [0.1, 0.15) is 12.3 Å². The number of anilines is 1. The quantitative estimate of drug-likeness (QED) is 0.707. The summed E-state index contributed by atoms with van der Waals surface area (Å²) in [4.78, 5) is 15.0. The van der Waals surface area contributed by atoms with Crippen LogP contribution < -0.4 is 4.90 Å². The summed E-state index contributed by atoms with van der Waals surface area (Å²) in [7, 11) is 0. The van der Waals surface area contributed by atoms with Crippen LogP contribution >= 0.6 is 0 Å². The molecule has 0 fully saturated rings. The smallest absolute Gasteiger partial charge is 0.232 e. The summed E-state index contributed by atoms with van der Waals surface area (Å²) < 4.78 is 6.38. The first-order chi connectivity index (χ1) is 11.2. The van der Waals surface area contributed by atoms with Crippen LogP contribution in [0.25, 0.3) is 0 Å². The number of ether oxygens (including phenoxy) is 1. The second-order valence-corrected chi connectivity index (χ2v) is 7.77. The molecule has 2 rings (SSSR count). The number of carbonyl (C=O) groups is 1. The molecule has 24 heavy (non-hydrogen) atoms. The molecular formula is C21H29NO2. The number of amides is 1. The molecule has 1 aliphatic heterocycles. The van der Waals surface area contributed by atoms with Crippen molar-refractivity contribution in [2.45, 2.75) is 53.4 Å². The maximum absolute atomic E-state index is 13.2. The van der Waals surface area contributed by atoms with E-state index in [1.54, 1.807) is 6.08 Å². The SMILES string of the molecule is C=CC[C@H](C)C(=O)N1c2ccccc2[C@H](C(=C)C)O[C@@H]1C(C)(C)C. The molecule has 3 heteroatoms. The molecule has 0 bridgehead atoms.